The lowest BCUT2D eigenvalue weighted by Gasteiger charge is -2.07. The van der Waals surface area contributed by atoms with Crippen LogP contribution in [0.25, 0.3) is 11.3 Å². The second-order valence-electron chi connectivity index (χ2n) is 4.81. The van der Waals surface area contributed by atoms with E-state index in [0.717, 1.165) is 22.6 Å². The van der Waals surface area contributed by atoms with E-state index in [-0.39, 0.29) is 0 Å². The molecule has 0 radical (unpaired) electrons. The summed E-state index contributed by atoms with van der Waals surface area (Å²) in [6.45, 7) is 0.604. The van der Waals surface area contributed by atoms with E-state index in [2.05, 4.69) is 16.4 Å². The zero-order chi connectivity index (χ0) is 15.4. The third-order valence-corrected chi connectivity index (χ3v) is 3.42. The van der Waals surface area contributed by atoms with Gasteiger partial charge in [-0.3, -0.25) is 0 Å². The molecule has 5 nitrogen and oxygen atoms in total. The molecule has 3 rings (SSSR count). The molecule has 0 aliphatic carbocycles. The zero-order valence-electron chi connectivity index (χ0n) is 12.1. The number of nitrogens with zero attached hydrogens (tertiary/aromatic N) is 4. The maximum absolute atomic E-state index is 8.83. The predicted octanol–water partition coefficient (Wildman–Crippen LogP) is 2.87. The van der Waals surface area contributed by atoms with Crippen LogP contribution in [0.3, 0.4) is 0 Å². The van der Waals surface area contributed by atoms with E-state index >= 15 is 0 Å². The van der Waals surface area contributed by atoms with E-state index in [1.165, 1.54) is 0 Å². The van der Waals surface area contributed by atoms with Crippen molar-refractivity contribution in [3.8, 4) is 23.1 Å². The molecule has 0 aliphatic rings. The molecule has 0 atom stereocenters. The average molecular weight is 290 g/mol. The summed E-state index contributed by atoms with van der Waals surface area (Å²) in [7, 11) is 1.64. The Morgan fingerprint density at radius 3 is 2.45 bits per heavy atom. The molecule has 0 amide bonds. The van der Waals surface area contributed by atoms with Crippen molar-refractivity contribution in [2.75, 3.05) is 7.11 Å². The van der Waals surface area contributed by atoms with Crippen LogP contribution in [-0.4, -0.2) is 22.1 Å². The monoisotopic (exact) mass is 290 g/mol. The highest BCUT2D eigenvalue weighted by Gasteiger charge is 2.07. The van der Waals surface area contributed by atoms with Gasteiger partial charge in [0.05, 0.1) is 37.2 Å². The van der Waals surface area contributed by atoms with Crippen molar-refractivity contribution in [1.29, 1.82) is 5.26 Å². The van der Waals surface area contributed by atoms with Crippen LogP contribution in [0.15, 0.2) is 54.7 Å². The Labute approximate surface area is 128 Å². The number of aromatic nitrogens is 3. The molecule has 0 fully saturated rings. The summed E-state index contributed by atoms with van der Waals surface area (Å²) in [6, 6.07) is 17.4. The van der Waals surface area contributed by atoms with Crippen LogP contribution in [0, 0.1) is 11.3 Å². The van der Waals surface area contributed by atoms with E-state index < -0.39 is 0 Å². The quantitative estimate of drug-likeness (QED) is 0.741. The lowest BCUT2D eigenvalue weighted by atomic mass is 10.1. The number of nitriles is 1. The Morgan fingerprint density at radius 2 is 1.82 bits per heavy atom. The first-order chi connectivity index (χ1) is 10.8. The Kier molecular flexibility index (Phi) is 3.84. The van der Waals surface area contributed by atoms with Gasteiger partial charge in [0.1, 0.15) is 5.75 Å². The molecular formula is C17H14N4O. The molecule has 1 aromatic heterocycles. The molecule has 0 bridgehead atoms. The smallest absolute Gasteiger partial charge is 0.118 e. The molecular weight excluding hydrogens is 276 g/mol. The van der Waals surface area contributed by atoms with Crippen molar-refractivity contribution in [3.63, 3.8) is 0 Å². The van der Waals surface area contributed by atoms with Gasteiger partial charge in [-0.25, -0.2) is 4.68 Å². The highest BCUT2D eigenvalue weighted by molar-refractivity contribution is 5.59. The highest BCUT2D eigenvalue weighted by Crippen LogP contribution is 2.22. The summed E-state index contributed by atoms with van der Waals surface area (Å²) in [5.41, 5.74) is 3.68. The van der Waals surface area contributed by atoms with E-state index in [0.29, 0.717) is 12.1 Å². The first-order valence-corrected chi connectivity index (χ1v) is 6.82. The van der Waals surface area contributed by atoms with Crippen LogP contribution in [-0.2, 0) is 6.54 Å². The third-order valence-electron chi connectivity index (χ3n) is 3.42. The normalized spacial score (nSPS) is 10.2. The van der Waals surface area contributed by atoms with Gasteiger partial charge in [0.25, 0.3) is 0 Å². The summed E-state index contributed by atoms with van der Waals surface area (Å²) in [6.07, 6.45) is 1.74. The molecule has 22 heavy (non-hydrogen) atoms. The summed E-state index contributed by atoms with van der Waals surface area (Å²) < 4.78 is 7.01. The molecule has 5 heteroatoms. The fourth-order valence-corrected chi connectivity index (χ4v) is 2.22. The molecule has 0 unspecified atom stereocenters. The summed E-state index contributed by atoms with van der Waals surface area (Å²) in [4.78, 5) is 0. The van der Waals surface area contributed by atoms with Crippen LogP contribution in [0.2, 0.25) is 0 Å². The van der Waals surface area contributed by atoms with Gasteiger partial charge in [0.2, 0.25) is 0 Å². The van der Waals surface area contributed by atoms with Gasteiger partial charge in [-0.15, -0.1) is 5.10 Å². The number of hydrogen-bond acceptors (Lipinski definition) is 4. The molecule has 0 aliphatic heterocycles. The zero-order valence-corrected chi connectivity index (χ0v) is 12.1. The van der Waals surface area contributed by atoms with Crippen LogP contribution < -0.4 is 4.74 Å². The third kappa shape index (κ3) is 2.81. The SMILES string of the molecule is COc1ccc(-c2cnnn2Cc2ccc(C#N)cc2)cc1. The second-order valence-corrected chi connectivity index (χ2v) is 4.81. The van der Waals surface area contributed by atoms with E-state index in [1.807, 2.05) is 41.1 Å². The number of benzene rings is 2. The second kappa shape index (κ2) is 6.10. The minimum atomic E-state index is 0.604. The van der Waals surface area contributed by atoms with Crippen molar-refractivity contribution < 1.29 is 4.74 Å². The average Bonchev–Trinajstić information content (AvgIpc) is 3.04. The minimum absolute atomic E-state index is 0.604. The van der Waals surface area contributed by atoms with Crippen molar-refractivity contribution in [3.05, 3.63) is 65.9 Å². The predicted molar refractivity (Wildman–Crippen MR) is 82.3 cm³/mol. The van der Waals surface area contributed by atoms with Crippen molar-refractivity contribution in [2.24, 2.45) is 0 Å². The summed E-state index contributed by atoms with van der Waals surface area (Å²) in [5.74, 6) is 0.815. The Morgan fingerprint density at radius 1 is 1.09 bits per heavy atom. The topological polar surface area (TPSA) is 63.7 Å². The van der Waals surface area contributed by atoms with Crippen molar-refractivity contribution in [2.45, 2.75) is 6.54 Å². The van der Waals surface area contributed by atoms with Gasteiger partial charge in [-0.1, -0.05) is 17.3 Å². The molecule has 0 spiro atoms. The fraction of sp³-hybridized carbons (Fsp3) is 0.118. The van der Waals surface area contributed by atoms with E-state index in [9.17, 15) is 0 Å². The minimum Gasteiger partial charge on any atom is -0.497 e. The molecule has 0 saturated heterocycles. The fourth-order valence-electron chi connectivity index (χ4n) is 2.22. The lowest BCUT2D eigenvalue weighted by Crippen LogP contribution is -2.04. The van der Waals surface area contributed by atoms with Gasteiger partial charge < -0.3 is 4.74 Å². The molecule has 0 N–H and O–H groups in total. The molecule has 3 aromatic rings. The van der Waals surface area contributed by atoms with Crippen LogP contribution in [0.1, 0.15) is 11.1 Å². The summed E-state index contributed by atoms with van der Waals surface area (Å²) in [5, 5.41) is 17.0. The van der Waals surface area contributed by atoms with Gasteiger partial charge in [-0.2, -0.15) is 5.26 Å². The molecule has 1 heterocycles. The first-order valence-electron chi connectivity index (χ1n) is 6.82. The van der Waals surface area contributed by atoms with Crippen LogP contribution in [0.4, 0.5) is 0 Å². The number of ether oxygens (including phenoxy) is 1. The van der Waals surface area contributed by atoms with E-state index in [4.69, 9.17) is 10.00 Å². The van der Waals surface area contributed by atoms with Crippen LogP contribution in [0.5, 0.6) is 5.75 Å². The Bertz CT molecular complexity index is 798. The number of rotatable bonds is 4. The maximum atomic E-state index is 8.83. The van der Waals surface area contributed by atoms with E-state index in [1.54, 1.807) is 25.4 Å². The van der Waals surface area contributed by atoms with Gasteiger partial charge >= 0.3 is 0 Å². The first kappa shape index (κ1) is 13.8. The number of methoxy groups -OCH3 is 1. The summed E-state index contributed by atoms with van der Waals surface area (Å²) >= 11 is 0. The Hall–Kier alpha value is -3.13. The Balaban J connectivity index is 1.86. The molecule has 0 saturated carbocycles. The molecule has 2 aromatic carbocycles. The van der Waals surface area contributed by atoms with Gasteiger partial charge in [-0.05, 0) is 42.0 Å². The van der Waals surface area contributed by atoms with Gasteiger partial charge in [0, 0.05) is 5.56 Å². The van der Waals surface area contributed by atoms with Gasteiger partial charge in [0.15, 0.2) is 0 Å². The highest BCUT2D eigenvalue weighted by atomic mass is 16.5. The standard InChI is InChI=1S/C17H14N4O/c1-22-16-8-6-15(7-9-16)17-11-19-20-21(17)12-14-4-2-13(10-18)3-5-14/h2-9,11H,12H2,1H3. The number of hydrogen-bond donors (Lipinski definition) is 0. The van der Waals surface area contributed by atoms with Crippen molar-refractivity contribution >= 4 is 0 Å². The van der Waals surface area contributed by atoms with Crippen molar-refractivity contribution in [1.82, 2.24) is 15.0 Å². The lowest BCUT2D eigenvalue weighted by molar-refractivity contribution is 0.415. The maximum Gasteiger partial charge on any atom is 0.118 e. The molecule has 108 valence electrons. The van der Waals surface area contributed by atoms with Crippen LogP contribution >= 0.6 is 0 Å². The largest absolute Gasteiger partial charge is 0.497 e.